The largest absolute Gasteiger partial charge is 0.328 e. The lowest BCUT2D eigenvalue weighted by molar-refractivity contribution is -0.196. The second kappa shape index (κ2) is 7.36. The monoisotopic (exact) mass is 306 g/mol. The first-order valence-corrected chi connectivity index (χ1v) is 7.99. The van der Waals surface area contributed by atoms with E-state index in [0.29, 0.717) is 19.0 Å². The molecule has 2 rings (SSSR count). The minimum atomic E-state index is -0.217. The van der Waals surface area contributed by atoms with Crippen LogP contribution in [-0.4, -0.2) is 23.3 Å². The van der Waals surface area contributed by atoms with Crippen molar-refractivity contribution < 1.29 is 9.23 Å². The van der Waals surface area contributed by atoms with Gasteiger partial charge in [-0.3, -0.25) is 4.84 Å². The van der Waals surface area contributed by atoms with Crippen molar-refractivity contribution in [1.82, 2.24) is 5.06 Å². The molecular weight excluding hydrogens is 279 g/mol. The number of hydroxylamine groups is 2. The molecular formula is C18H27FN2O. The predicted molar refractivity (Wildman–Crippen MR) is 87.5 cm³/mol. The van der Waals surface area contributed by atoms with Crippen LogP contribution in [-0.2, 0) is 11.4 Å². The molecule has 1 aliphatic heterocycles. The minimum absolute atomic E-state index is 0.0409. The molecule has 0 bridgehead atoms. The highest BCUT2D eigenvalue weighted by atomic mass is 19.1. The molecule has 1 heterocycles. The number of hydrogen-bond acceptors (Lipinski definition) is 3. The van der Waals surface area contributed by atoms with Crippen LogP contribution in [0.1, 0.15) is 38.7 Å². The fraction of sp³-hybridized carbons (Fsp3) is 0.556. The van der Waals surface area contributed by atoms with Crippen LogP contribution in [0.2, 0.25) is 0 Å². The third-order valence-corrected chi connectivity index (χ3v) is 4.23. The number of nitrogens with zero attached hydrogens (tertiary/aromatic N) is 1. The standard InChI is InChI=1S/C18H27FN2O/c1-4-9-18(10-14(2)3)11-17(12-20)22-21(18)13-15-5-7-16(19)8-6-15/h4-8,14,17H,1,9-13,20H2,2-3H3/t17?,18-/m1/s1. The van der Waals surface area contributed by atoms with E-state index in [4.69, 9.17) is 10.6 Å². The Morgan fingerprint density at radius 3 is 2.68 bits per heavy atom. The zero-order valence-corrected chi connectivity index (χ0v) is 13.6. The van der Waals surface area contributed by atoms with Crippen LogP contribution in [0, 0.1) is 11.7 Å². The summed E-state index contributed by atoms with van der Waals surface area (Å²) in [6.45, 7) is 9.50. The lowest BCUT2D eigenvalue weighted by atomic mass is 9.81. The summed E-state index contributed by atoms with van der Waals surface area (Å²) in [5.74, 6) is 0.334. The van der Waals surface area contributed by atoms with Gasteiger partial charge in [-0.25, -0.2) is 4.39 Å². The van der Waals surface area contributed by atoms with Gasteiger partial charge in [-0.05, 0) is 42.9 Å². The zero-order valence-electron chi connectivity index (χ0n) is 13.6. The van der Waals surface area contributed by atoms with E-state index in [-0.39, 0.29) is 17.5 Å². The molecule has 1 aliphatic rings. The van der Waals surface area contributed by atoms with E-state index in [1.807, 2.05) is 18.2 Å². The Morgan fingerprint density at radius 2 is 2.14 bits per heavy atom. The molecule has 1 unspecified atom stereocenters. The highest BCUT2D eigenvalue weighted by molar-refractivity contribution is 5.16. The van der Waals surface area contributed by atoms with Gasteiger partial charge in [0.05, 0.1) is 11.6 Å². The Hall–Kier alpha value is -1.23. The molecule has 1 fully saturated rings. The maximum absolute atomic E-state index is 13.1. The van der Waals surface area contributed by atoms with Crippen molar-refractivity contribution in [2.75, 3.05) is 6.54 Å². The van der Waals surface area contributed by atoms with E-state index in [9.17, 15) is 4.39 Å². The molecule has 0 amide bonds. The molecule has 22 heavy (non-hydrogen) atoms. The minimum Gasteiger partial charge on any atom is -0.328 e. The number of halogens is 1. The van der Waals surface area contributed by atoms with Crippen molar-refractivity contribution in [2.24, 2.45) is 11.7 Å². The number of benzene rings is 1. The van der Waals surface area contributed by atoms with Gasteiger partial charge in [-0.1, -0.05) is 32.1 Å². The summed E-state index contributed by atoms with van der Waals surface area (Å²) in [5, 5.41) is 2.06. The summed E-state index contributed by atoms with van der Waals surface area (Å²) in [6, 6.07) is 6.60. The van der Waals surface area contributed by atoms with E-state index in [0.717, 1.165) is 24.8 Å². The molecule has 0 aromatic heterocycles. The number of hydrogen-bond donors (Lipinski definition) is 1. The average molecular weight is 306 g/mol. The first-order valence-electron chi connectivity index (χ1n) is 7.99. The van der Waals surface area contributed by atoms with Gasteiger partial charge >= 0.3 is 0 Å². The third kappa shape index (κ3) is 3.94. The van der Waals surface area contributed by atoms with E-state index in [2.05, 4.69) is 25.5 Å². The summed E-state index contributed by atoms with van der Waals surface area (Å²) in [6.07, 6.45) is 4.80. The summed E-state index contributed by atoms with van der Waals surface area (Å²) >= 11 is 0. The van der Waals surface area contributed by atoms with Crippen molar-refractivity contribution >= 4 is 0 Å². The maximum atomic E-state index is 13.1. The lowest BCUT2D eigenvalue weighted by Crippen LogP contribution is -2.43. The molecule has 1 aromatic carbocycles. The molecule has 1 aromatic rings. The van der Waals surface area contributed by atoms with E-state index in [1.54, 1.807) is 0 Å². The van der Waals surface area contributed by atoms with E-state index >= 15 is 0 Å². The normalized spacial score (nSPS) is 25.8. The summed E-state index contributed by atoms with van der Waals surface area (Å²) in [5.41, 5.74) is 6.79. The first kappa shape index (κ1) is 17.1. The van der Waals surface area contributed by atoms with Crippen molar-refractivity contribution in [1.29, 1.82) is 0 Å². The SMILES string of the molecule is C=CC[C@@]1(CC(C)C)CC(CN)ON1Cc1ccc(F)cc1. The van der Waals surface area contributed by atoms with Gasteiger partial charge in [0.15, 0.2) is 0 Å². The molecule has 0 spiro atoms. The van der Waals surface area contributed by atoms with Gasteiger partial charge in [0.2, 0.25) is 0 Å². The average Bonchev–Trinajstić information content (AvgIpc) is 2.79. The number of rotatable bonds is 7. The maximum Gasteiger partial charge on any atom is 0.123 e. The first-order chi connectivity index (χ1) is 10.5. The molecule has 3 nitrogen and oxygen atoms in total. The highest BCUT2D eigenvalue weighted by Gasteiger charge is 2.45. The smallest absolute Gasteiger partial charge is 0.123 e. The molecule has 4 heteroatoms. The van der Waals surface area contributed by atoms with Crippen molar-refractivity contribution in [3.05, 3.63) is 48.3 Å². The topological polar surface area (TPSA) is 38.5 Å². The second-order valence-corrected chi connectivity index (χ2v) is 6.65. The van der Waals surface area contributed by atoms with Gasteiger partial charge in [0, 0.05) is 13.1 Å². The quantitative estimate of drug-likeness (QED) is 0.781. The van der Waals surface area contributed by atoms with Crippen LogP contribution >= 0.6 is 0 Å². The van der Waals surface area contributed by atoms with Crippen LogP contribution in [0.4, 0.5) is 4.39 Å². The fourth-order valence-corrected chi connectivity index (χ4v) is 3.42. The summed E-state index contributed by atoms with van der Waals surface area (Å²) < 4.78 is 13.1. The van der Waals surface area contributed by atoms with Crippen molar-refractivity contribution in [2.45, 2.75) is 51.3 Å². The van der Waals surface area contributed by atoms with Crippen molar-refractivity contribution in [3.8, 4) is 0 Å². The van der Waals surface area contributed by atoms with Crippen LogP contribution in [0.5, 0.6) is 0 Å². The Kier molecular flexibility index (Phi) is 5.73. The molecule has 122 valence electrons. The second-order valence-electron chi connectivity index (χ2n) is 6.65. The Bertz CT molecular complexity index is 488. The predicted octanol–water partition coefficient (Wildman–Crippen LogP) is 3.65. The molecule has 0 radical (unpaired) electrons. The van der Waals surface area contributed by atoms with E-state index in [1.165, 1.54) is 12.1 Å². The van der Waals surface area contributed by atoms with Crippen LogP contribution < -0.4 is 5.73 Å². The Morgan fingerprint density at radius 1 is 1.45 bits per heavy atom. The highest BCUT2D eigenvalue weighted by Crippen LogP contribution is 2.40. The van der Waals surface area contributed by atoms with E-state index < -0.39 is 0 Å². The van der Waals surface area contributed by atoms with Gasteiger partial charge in [-0.2, -0.15) is 5.06 Å². The fourth-order valence-electron chi connectivity index (χ4n) is 3.42. The Balaban J connectivity index is 2.22. The molecule has 0 saturated carbocycles. The van der Waals surface area contributed by atoms with Crippen LogP contribution in [0.3, 0.4) is 0 Å². The number of nitrogens with two attached hydrogens (primary N) is 1. The third-order valence-electron chi connectivity index (χ3n) is 4.23. The summed E-state index contributed by atoms with van der Waals surface area (Å²) in [7, 11) is 0. The van der Waals surface area contributed by atoms with Gasteiger partial charge in [0.1, 0.15) is 5.82 Å². The van der Waals surface area contributed by atoms with Gasteiger partial charge < -0.3 is 5.73 Å². The van der Waals surface area contributed by atoms with Crippen LogP contribution in [0.25, 0.3) is 0 Å². The molecule has 2 N–H and O–H groups in total. The lowest BCUT2D eigenvalue weighted by Gasteiger charge is -2.37. The zero-order chi connectivity index (χ0) is 16.2. The van der Waals surface area contributed by atoms with Crippen LogP contribution in [0.15, 0.2) is 36.9 Å². The summed E-state index contributed by atoms with van der Waals surface area (Å²) in [4.78, 5) is 6.08. The molecule has 2 atom stereocenters. The molecule has 1 saturated heterocycles. The molecule has 0 aliphatic carbocycles. The van der Waals surface area contributed by atoms with Gasteiger partial charge in [-0.15, -0.1) is 6.58 Å². The van der Waals surface area contributed by atoms with Gasteiger partial charge in [0.25, 0.3) is 0 Å². The Labute approximate surface area is 132 Å². The van der Waals surface area contributed by atoms with Crippen molar-refractivity contribution in [3.63, 3.8) is 0 Å².